The monoisotopic (exact) mass is 296 g/mol. The fraction of sp³-hybridized carbons (Fsp3) is 0.500. The molecule has 0 radical (unpaired) electrons. The number of benzene rings is 1. The van der Waals surface area contributed by atoms with Gasteiger partial charge in [0, 0.05) is 12.3 Å². The second kappa shape index (κ2) is 5.93. The van der Waals surface area contributed by atoms with Gasteiger partial charge in [-0.15, -0.1) is 0 Å². The Balaban J connectivity index is 1.99. The number of nitrogens with zero attached hydrogens (tertiary/aromatic N) is 1. The van der Waals surface area contributed by atoms with Gasteiger partial charge < -0.3 is 4.90 Å². The number of carbonyl (C=O) groups excluding carboxylic acids is 1. The summed E-state index contributed by atoms with van der Waals surface area (Å²) in [7, 11) is -3.08. The van der Waals surface area contributed by atoms with E-state index in [1.54, 1.807) is 11.8 Å². The summed E-state index contributed by atoms with van der Waals surface area (Å²) < 4.78 is 22.6. The first-order chi connectivity index (χ1) is 9.37. The normalized spacial score (nSPS) is 21.2. The lowest BCUT2D eigenvalue weighted by Crippen LogP contribution is -2.41. The number of amides is 1. The van der Waals surface area contributed by atoms with Crippen LogP contribution in [0.1, 0.15) is 12.5 Å². The summed E-state index contributed by atoms with van der Waals surface area (Å²) in [6.07, 6.45) is 1.82. The van der Waals surface area contributed by atoms with Crippen LogP contribution in [-0.2, 0) is 21.1 Å². The van der Waals surface area contributed by atoms with E-state index in [1.165, 1.54) is 6.26 Å². The van der Waals surface area contributed by atoms with E-state index in [2.05, 4.69) is 5.32 Å². The molecule has 0 aliphatic carbocycles. The van der Waals surface area contributed by atoms with Crippen molar-refractivity contribution in [3.63, 3.8) is 0 Å². The predicted octanol–water partition coefficient (Wildman–Crippen LogP) is 0.420. The number of carbonyl (C=O) groups is 1. The van der Waals surface area contributed by atoms with Gasteiger partial charge >= 0.3 is 0 Å². The highest BCUT2D eigenvalue weighted by atomic mass is 32.2. The first-order valence-electron chi connectivity index (χ1n) is 6.62. The predicted molar refractivity (Wildman–Crippen MR) is 78.0 cm³/mol. The van der Waals surface area contributed by atoms with E-state index >= 15 is 0 Å². The molecule has 0 spiro atoms. The van der Waals surface area contributed by atoms with Gasteiger partial charge in [-0.25, -0.2) is 8.42 Å². The zero-order valence-electron chi connectivity index (χ0n) is 11.7. The van der Waals surface area contributed by atoms with Gasteiger partial charge in [-0.2, -0.15) is 0 Å². The maximum atomic E-state index is 12.3. The number of hydrogen-bond donors (Lipinski definition) is 1. The highest BCUT2D eigenvalue weighted by Gasteiger charge is 2.34. The molecule has 1 fully saturated rings. The number of hydrogen-bond acceptors (Lipinski definition) is 4. The number of rotatable bonds is 5. The smallest absolute Gasteiger partial charge is 0.241 e. The van der Waals surface area contributed by atoms with Crippen LogP contribution < -0.4 is 5.32 Å². The Bertz CT molecular complexity index is 571. The van der Waals surface area contributed by atoms with Crippen LogP contribution >= 0.6 is 0 Å². The van der Waals surface area contributed by atoms with Crippen molar-refractivity contribution in [3.05, 3.63) is 35.9 Å². The molecule has 1 aliphatic rings. The molecule has 1 aliphatic heterocycles. The minimum absolute atomic E-state index is 0.00151. The summed E-state index contributed by atoms with van der Waals surface area (Å²) in [4.78, 5) is 13.9. The molecular weight excluding hydrogens is 276 g/mol. The molecule has 2 atom stereocenters. The first kappa shape index (κ1) is 15.0. The first-order valence-corrected chi connectivity index (χ1v) is 8.68. The van der Waals surface area contributed by atoms with E-state index in [9.17, 15) is 13.2 Å². The van der Waals surface area contributed by atoms with Crippen LogP contribution in [0.2, 0.25) is 0 Å². The molecule has 0 saturated carbocycles. The largest absolute Gasteiger partial charge is 0.325 e. The lowest BCUT2D eigenvalue weighted by atomic mass is 10.1. The molecular formula is C14H20N2O3S. The van der Waals surface area contributed by atoms with E-state index in [4.69, 9.17) is 0 Å². The van der Waals surface area contributed by atoms with Gasteiger partial charge in [0.25, 0.3) is 0 Å². The van der Waals surface area contributed by atoms with Crippen molar-refractivity contribution in [2.45, 2.75) is 25.4 Å². The molecule has 1 aromatic rings. The molecule has 2 rings (SSSR count). The summed E-state index contributed by atoms with van der Waals surface area (Å²) in [6.45, 7) is 2.18. The average Bonchev–Trinajstić information content (AvgIpc) is 2.70. The van der Waals surface area contributed by atoms with Gasteiger partial charge in [0.1, 0.15) is 9.84 Å². The van der Waals surface area contributed by atoms with Crippen LogP contribution in [0.15, 0.2) is 30.3 Å². The van der Waals surface area contributed by atoms with Crippen molar-refractivity contribution in [1.82, 2.24) is 10.2 Å². The Hall–Kier alpha value is -1.40. The Labute approximate surface area is 119 Å². The van der Waals surface area contributed by atoms with Gasteiger partial charge in [-0.3, -0.25) is 10.1 Å². The summed E-state index contributed by atoms with van der Waals surface area (Å²) in [5.41, 5.74) is 1.09. The van der Waals surface area contributed by atoms with Crippen LogP contribution in [0.5, 0.6) is 0 Å². The molecule has 6 heteroatoms. The third kappa shape index (κ3) is 3.80. The molecule has 1 N–H and O–H groups in total. The number of nitrogens with one attached hydrogen (secondary N) is 1. The molecule has 1 amide bonds. The fourth-order valence-electron chi connectivity index (χ4n) is 2.48. The molecule has 20 heavy (non-hydrogen) atoms. The van der Waals surface area contributed by atoms with Crippen LogP contribution in [0.25, 0.3) is 0 Å². The minimum Gasteiger partial charge on any atom is -0.325 e. The third-order valence-electron chi connectivity index (χ3n) is 3.45. The third-order valence-corrected chi connectivity index (χ3v) is 4.54. The van der Waals surface area contributed by atoms with Crippen molar-refractivity contribution >= 4 is 15.7 Å². The van der Waals surface area contributed by atoms with Crippen molar-refractivity contribution in [2.75, 3.05) is 18.7 Å². The highest BCUT2D eigenvalue weighted by molar-refractivity contribution is 7.90. The maximum absolute atomic E-state index is 12.3. The standard InChI is InChI=1S/C14H20N2O3S/c1-11(9-20(2,18)19)16-10-15-13(14(16)17)8-12-6-4-3-5-7-12/h3-7,11,13,15H,8-10H2,1-2H3. The van der Waals surface area contributed by atoms with E-state index in [1.807, 2.05) is 30.3 Å². The lowest BCUT2D eigenvalue weighted by Gasteiger charge is -2.23. The Morgan fingerprint density at radius 1 is 1.35 bits per heavy atom. The van der Waals surface area contributed by atoms with E-state index < -0.39 is 9.84 Å². The Morgan fingerprint density at radius 2 is 2.00 bits per heavy atom. The van der Waals surface area contributed by atoms with Gasteiger partial charge in [0.05, 0.1) is 18.5 Å². The Kier molecular flexibility index (Phi) is 4.45. The zero-order valence-corrected chi connectivity index (χ0v) is 12.6. The van der Waals surface area contributed by atoms with Gasteiger partial charge in [-0.1, -0.05) is 30.3 Å². The van der Waals surface area contributed by atoms with Crippen LogP contribution in [0, 0.1) is 0 Å². The summed E-state index contributed by atoms with van der Waals surface area (Å²) in [5.74, 6) is -0.0247. The highest BCUT2D eigenvalue weighted by Crippen LogP contribution is 2.14. The molecule has 2 unspecified atom stereocenters. The van der Waals surface area contributed by atoms with E-state index in [-0.39, 0.29) is 23.7 Å². The minimum atomic E-state index is -3.08. The molecule has 1 aromatic carbocycles. The average molecular weight is 296 g/mol. The summed E-state index contributed by atoms with van der Waals surface area (Å²) >= 11 is 0. The lowest BCUT2D eigenvalue weighted by molar-refractivity contribution is -0.130. The zero-order chi connectivity index (χ0) is 14.8. The van der Waals surface area contributed by atoms with Gasteiger partial charge in [0.2, 0.25) is 5.91 Å². The number of sulfone groups is 1. The van der Waals surface area contributed by atoms with Gasteiger partial charge in [0.15, 0.2) is 0 Å². The SMILES string of the molecule is CC(CS(C)(=O)=O)N1CNC(Cc2ccccc2)C1=O. The van der Waals surface area contributed by atoms with Crippen LogP contribution in [0.4, 0.5) is 0 Å². The second-order valence-corrected chi connectivity index (χ2v) is 7.54. The molecule has 0 aromatic heterocycles. The van der Waals surface area contributed by atoms with Crippen molar-refractivity contribution in [1.29, 1.82) is 0 Å². The molecule has 1 heterocycles. The van der Waals surface area contributed by atoms with Crippen LogP contribution in [0.3, 0.4) is 0 Å². The molecule has 5 nitrogen and oxygen atoms in total. The van der Waals surface area contributed by atoms with E-state index in [0.717, 1.165) is 5.56 Å². The van der Waals surface area contributed by atoms with Gasteiger partial charge in [-0.05, 0) is 18.9 Å². The van der Waals surface area contributed by atoms with Crippen molar-refractivity contribution in [2.24, 2.45) is 0 Å². The topological polar surface area (TPSA) is 66.5 Å². The summed E-state index contributed by atoms with van der Waals surface area (Å²) in [5, 5.41) is 3.15. The molecule has 1 saturated heterocycles. The Morgan fingerprint density at radius 3 is 2.60 bits per heavy atom. The fourth-order valence-corrected chi connectivity index (χ4v) is 3.54. The van der Waals surface area contributed by atoms with E-state index in [0.29, 0.717) is 13.1 Å². The van der Waals surface area contributed by atoms with Crippen molar-refractivity contribution < 1.29 is 13.2 Å². The van der Waals surface area contributed by atoms with Crippen molar-refractivity contribution in [3.8, 4) is 0 Å². The molecule has 0 bridgehead atoms. The second-order valence-electron chi connectivity index (χ2n) is 5.35. The summed E-state index contributed by atoms with van der Waals surface area (Å²) in [6, 6.07) is 9.23. The molecule has 110 valence electrons. The van der Waals surface area contributed by atoms with Crippen LogP contribution in [-0.4, -0.2) is 50.0 Å². The quantitative estimate of drug-likeness (QED) is 0.855. The maximum Gasteiger partial charge on any atom is 0.241 e.